The number of hydrogen-bond donors (Lipinski definition) is 1. The first-order valence-electron chi connectivity index (χ1n) is 5.81. The van der Waals surface area contributed by atoms with E-state index in [2.05, 4.69) is 10.2 Å². The van der Waals surface area contributed by atoms with Crippen molar-refractivity contribution in [3.63, 3.8) is 0 Å². The van der Waals surface area contributed by atoms with Crippen molar-refractivity contribution in [1.29, 1.82) is 0 Å². The maximum Gasteiger partial charge on any atom is 0.123 e. The van der Waals surface area contributed by atoms with Crippen molar-refractivity contribution >= 4 is 0 Å². The number of aryl methyl sites for hydroxylation is 3. The monoisotopic (exact) mass is 245 g/mol. The first-order valence-corrected chi connectivity index (χ1v) is 5.81. The lowest BCUT2D eigenvalue weighted by atomic mass is 9.95. The smallest absolute Gasteiger partial charge is 0.123 e. The Hall–Kier alpha value is -1.81. The Labute approximate surface area is 106 Å². The minimum absolute atomic E-state index is 0.246. The van der Waals surface area contributed by atoms with E-state index in [1.165, 1.54) is 12.1 Å². The van der Waals surface area contributed by atoms with Gasteiger partial charge in [0.05, 0.1) is 17.4 Å². The number of rotatable bonds is 2. The van der Waals surface area contributed by atoms with Crippen molar-refractivity contribution in [2.45, 2.75) is 26.8 Å². The Morgan fingerprint density at radius 1 is 1.06 bits per heavy atom. The fourth-order valence-electron chi connectivity index (χ4n) is 2.04. The van der Waals surface area contributed by atoms with Crippen LogP contribution in [0.1, 0.15) is 34.1 Å². The van der Waals surface area contributed by atoms with Gasteiger partial charge in [-0.05, 0) is 55.7 Å². The largest absolute Gasteiger partial charge is 0.320 e. The first-order chi connectivity index (χ1) is 8.49. The molecule has 0 fully saturated rings. The van der Waals surface area contributed by atoms with E-state index in [1.54, 1.807) is 6.07 Å². The average molecular weight is 245 g/mol. The maximum atomic E-state index is 13.1. The van der Waals surface area contributed by atoms with Gasteiger partial charge in [0, 0.05) is 0 Å². The molecule has 1 aromatic heterocycles. The second kappa shape index (κ2) is 4.82. The summed E-state index contributed by atoms with van der Waals surface area (Å²) in [6.07, 6.45) is 0. The van der Waals surface area contributed by atoms with Gasteiger partial charge in [0.15, 0.2) is 0 Å². The van der Waals surface area contributed by atoms with Crippen molar-refractivity contribution in [2.24, 2.45) is 5.73 Å². The van der Waals surface area contributed by atoms with E-state index in [-0.39, 0.29) is 11.9 Å². The minimum atomic E-state index is -0.306. The van der Waals surface area contributed by atoms with Gasteiger partial charge < -0.3 is 5.73 Å². The fraction of sp³-hybridized carbons (Fsp3) is 0.286. The van der Waals surface area contributed by atoms with Crippen LogP contribution in [0.3, 0.4) is 0 Å². The molecule has 3 nitrogen and oxygen atoms in total. The summed E-state index contributed by atoms with van der Waals surface area (Å²) < 4.78 is 13.1. The van der Waals surface area contributed by atoms with Crippen LogP contribution in [0.4, 0.5) is 4.39 Å². The lowest BCUT2D eigenvalue weighted by Gasteiger charge is -2.17. The summed E-state index contributed by atoms with van der Waals surface area (Å²) >= 11 is 0. The second-order valence-electron chi connectivity index (χ2n) is 4.51. The van der Waals surface area contributed by atoms with E-state index in [1.807, 2.05) is 26.8 Å². The van der Waals surface area contributed by atoms with Crippen molar-refractivity contribution < 1.29 is 4.39 Å². The molecule has 0 aliphatic carbocycles. The van der Waals surface area contributed by atoms with Gasteiger partial charge in [-0.3, -0.25) is 0 Å². The van der Waals surface area contributed by atoms with Crippen LogP contribution in [0, 0.1) is 26.6 Å². The van der Waals surface area contributed by atoms with E-state index < -0.39 is 0 Å². The zero-order chi connectivity index (χ0) is 13.3. The number of hydrogen-bond acceptors (Lipinski definition) is 3. The standard InChI is InChI=1S/C14H16FN3/c1-8-6-11(15)4-5-12(8)14(16)13-7-9(2)17-18-10(13)3/h4-7,14H,16H2,1-3H3. The number of nitrogens with zero attached hydrogens (tertiary/aromatic N) is 2. The minimum Gasteiger partial charge on any atom is -0.320 e. The molecule has 1 atom stereocenters. The van der Waals surface area contributed by atoms with Crippen LogP contribution < -0.4 is 5.73 Å². The summed E-state index contributed by atoms with van der Waals surface area (Å²) in [5, 5.41) is 8.05. The van der Waals surface area contributed by atoms with Crippen molar-refractivity contribution in [3.8, 4) is 0 Å². The molecule has 94 valence electrons. The average Bonchev–Trinajstić information content (AvgIpc) is 2.31. The summed E-state index contributed by atoms with van der Waals surface area (Å²) in [6.45, 7) is 5.61. The highest BCUT2D eigenvalue weighted by Crippen LogP contribution is 2.24. The molecule has 4 heteroatoms. The topological polar surface area (TPSA) is 51.8 Å². The summed E-state index contributed by atoms with van der Waals surface area (Å²) in [5.74, 6) is -0.246. The third-order valence-electron chi connectivity index (χ3n) is 3.04. The Balaban J connectivity index is 2.47. The van der Waals surface area contributed by atoms with E-state index >= 15 is 0 Å². The van der Waals surface area contributed by atoms with Gasteiger partial charge in [-0.1, -0.05) is 6.07 Å². The SMILES string of the molecule is Cc1cc(C(N)c2ccc(F)cc2C)c(C)nn1. The van der Waals surface area contributed by atoms with Gasteiger partial charge in [0.25, 0.3) is 0 Å². The third kappa shape index (κ3) is 2.38. The number of aromatic nitrogens is 2. The van der Waals surface area contributed by atoms with Gasteiger partial charge in [-0.15, -0.1) is 0 Å². The molecule has 2 N–H and O–H groups in total. The molecule has 0 aliphatic rings. The van der Waals surface area contributed by atoms with Crippen LogP contribution in [0.25, 0.3) is 0 Å². The summed E-state index contributed by atoms with van der Waals surface area (Å²) in [7, 11) is 0. The molecule has 0 saturated carbocycles. The lowest BCUT2D eigenvalue weighted by Crippen LogP contribution is -2.16. The molecule has 0 radical (unpaired) electrons. The predicted molar refractivity (Wildman–Crippen MR) is 68.7 cm³/mol. The van der Waals surface area contributed by atoms with Crippen LogP contribution in [-0.4, -0.2) is 10.2 Å². The highest BCUT2D eigenvalue weighted by Gasteiger charge is 2.15. The van der Waals surface area contributed by atoms with Crippen molar-refractivity contribution in [1.82, 2.24) is 10.2 Å². The molecular formula is C14H16FN3. The van der Waals surface area contributed by atoms with Gasteiger partial charge in [-0.2, -0.15) is 10.2 Å². The van der Waals surface area contributed by atoms with Crippen LogP contribution in [0.5, 0.6) is 0 Å². The van der Waals surface area contributed by atoms with Crippen LogP contribution in [0.2, 0.25) is 0 Å². The van der Waals surface area contributed by atoms with Gasteiger partial charge >= 0.3 is 0 Å². The predicted octanol–water partition coefficient (Wildman–Crippen LogP) is 2.59. The summed E-state index contributed by atoms with van der Waals surface area (Å²) in [4.78, 5) is 0. The molecule has 1 heterocycles. The fourth-order valence-corrected chi connectivity index (χ4v) is 2.04. The molecule has 0 aliphatic heterocycles. The Morgan fingerprint density at radius 2 is 1.78 bits per heavy atom. The van der Waals surface area contributed by atoms with Crippen LogP contribution >= 0.6 is 0 Å². The van der Waals surface area contributed by atoms with E-state index in [9.17, 15) is 4.39 Å². The Morgan fingerprint density at radius 3 is 2.44 bits per heavy atom. The van der Waals surface area contributed by atoms with E-state index in [4.69, 9.17) is 5.73 Å². The second-order valence-corrected chi connectivity index (χ2v) is 4.51. The van der Waals surface area contributed by atoms with Crippen LogP contribution in [0.15, 0.2) is 24.3 Å². The zero-order valence-corrected chi connectivity index (χ0v) is 10.7. The molecule has 2 rings (SSSR count). The summed E-state index contributed by atoms with van der Waals surface area (Å²) in [5.41, 5.74) is 10.6. The normalized spacial score (nSPS) is 12.5. The quantitative estimate of drug-likeness (QED) is 0.884. The zero-order valence-electron chi connectivity index (χ0n) is 10.7. The molecule has 0 bridgehead atoms. The third-order valence-corrected chi connectivity index (χ3v) is 3.04. The lowest BCUT2D eigenvalue weighted by molar-refractivity contribution is 0.624. The van der Waals surface area contributed by atoms with E-state index in [0.717, 1.165) is 28.1 Å². The molecule has 1 aromatic carbocycles. The number of nitrogens with two attached hydrogens (primary N) is 1. The van der Waals surface area contributed by atoms with Crippen molar-refractivity contribution in [3.05, 3.63) is 58.2 Å². The number of halogens is 1. The summed E-state index contributed by atoms with van der Waals surface area (Å²) in [6, 6.07) is 6.27. The van der Waals surface area contributed by atoms with E-state index in [0.29, 0.717) is 0 Å². The maximum absolute atomic E-state index is 13.1. The first kappa shape index (κ1) is 12.6. The molecular weight excluding hydrogens is 229 g/mol. The molecule has 0 saturated heterocycles. The Kier molecular flexibility index (Phi) is 3.39. The van der Waals surface area contributed by atoms with Gasteiger partial charge in [0.2, 0.25) is 0 Å². The molecule has 0 amide bonds. The van der Waals surface area contributed by atoms with Crippen molar-refractivity contribution in [2.75, 3.05) is 0 Å². The van der Waals surface area contributed by atoms with Gasteiger partial charge in [0.1, 0.15) is 5.82 Å². The molecule has 18 heavy (non-hydrogen) atoms. The molecule has 1 unspecified atom stereocenters. The highest BCUT2D eigenvalue weighted by atomic mass is 19.1. The highest BCUT2D eigenvalue weighted by molar-refractivity contribution is 5.38. The number of benzene rings is 1. The Bertz CT molecular complexity index is 581. The molecule has 2 aromatic rings. The molecule has 0 spiro atoms. The van der Waals surface area contributed by atoms with Crippen LogP contribution in [-0.2, 0) is 0 Å². The van der Waals surface area contributed by atoms with Gasteiger partial charge in [-0.25, -0.2) is 4.39 Å².